The highest BCUT2D eigenvalue weighted by Gasteiger charge is 2.41. The van der Waals surface area contributed by atoms with Gasteiger partial charge < -0.3 is 20.5 Å². The molecule has 6 heterocycles. The lowest BCUT2D eigenvalue weighted by atomic mass is 9.83. The van der Waals surface area contributed by atoms with E-state index in [1.807, 2.05) is 6.07 Å². The lowest BCUT2D eigenvalue weighted by Gasteiger charge is -2.51. The van der Waals surface area contributed by atoms with Crippen LogP contribution in [-0.2, 0) is 15.2 Å². The summed E-state index contributed by atoms with van der Waals surface area (Å²) in [6.07, 6.45) is 9.60. The van der Waals surface area contributed by atoms with Gasteiger partial charge in [0.2, 0.25) is 5.91 Å². The fourth-order valence-electron chi connectivity index (χ4n) is 9.61. The van der Waals surface area contributed by atoms with Crippen molar-refractivity contribution in [1.82, 2.24) is 39.2 Å². The summed E-state index contributed by atoms with van der Waals surface area (Å²) in [4.78, 5) is 44.1. The van der Waals surface area contributed by atoms with E-state index in [-0.39, 0.29) is 24.8 Å². The van der Waals surface area contributed by atoms with E-state index in [9.17, 15) is 24.8 Å². The lowest BCUT2D eigenvalue weighted by Crippen LogP contribution is -2.65. The van der Waals surface area contributed by atoms with Crippen LogP contribution in [0, 0.1) is 17.2 Å². The van der Waals surface area contributed by atoms with Gasteiger partial charge in [0, 0.05) is 101 Å². The van der Waals surface area contributed by atoms with E-state index >= 15 is 8.78 Å². The molecule has 4 aromatic rings. The summed E-state index contributed by atoms with van der Waals surface area (Å²) in [6, 6.07) is 11.5. The van der Waals surface area contributed by atoms with Crippen molar-refractivity contribution < 1.29 is 28.3 Å². The van der Waals surface area contributed by atoms with Gasteiger partial charge in [0.1, 0.15) is 29.7 Å². The van der Waals surface area contributed by atoms with Crippen LogP contribution in [0.3, 0.4) is 0 Å². The molecule has 14 nitrogen and oxygen atoms in total. The zero-order valence-corrected chi connectivity index (χ0v) is 34.3. The van der Waals surface area contributed by atoms with Crippen LogP contribution < -0.4 is 10.6 Å². The molecule has 2 aliphatic carbocycles. The van der Waals surface area contributed by atoms with Crippen LogP contribution in [0.25, 0.3) is 11.0 Å². The summed E-state index contributed by atoms with van der Waals surface area (Å²) in [7, 11) is 1.43. The first-order valence-corrected chi connectivity index (χ1v) is 20.9. The summed E-state index contributed by atoms with van der Waals surface area (Å²) in [6.45, 7) is 8.68. The Hall–Kier alpha value is -5.34. The molecule has 316 valence electrons. The Kier molecular flexibility index (Phi) is 11.7. The fourth-order valence-corrected chi connectivity index (χ4v) is 9.61. The van der Waals surface area contributed by atoms with Gasteiger partial charge in [-0.05, 0) is 82.4 Å². The van der Waals surface area contributed by atoms with Crippen LogP contribution in [0.15, 0.2) is 66.0 Å². The Morgan fingerprint density at radius 2 is 1.73 bits per heavy atom. The Morgan fingerprint density at radius 1 is 1.02 bits per heavy atom. The molecule has 8 rings (SSSR count). The number of fused-ring (bicyclic) bond motifs is 2. The number of rotatable bonds is 12. The number of aliphatic hydroxyl groups is 1. The zero-order chi connectivity index (χ0) is 42.3. The van der Waals surface area contributed by atoms with E-state index in [0.29, 0.717) is 52.3 Å². The predicted molar refractivity (Wildman–Crippen MR) is 220 cm³/mol. The number of nitrogens with zero attached hydrogens (tertiary/aromatic N) is 8. The number of hydrogen-bond donors (Lipinski definition) is 3. The topological polar surface area (TPSA) is 164 Å². The van der Waals surface area contributed by atoms with Crippen LogP contribution in [-0.4, -0.2) is 122 Å². The van der Waals surface area contributed by atoms with Gasteiger partial charge in [-0.15, -0.1) is 0 Å². The molecule has 2 amide bonds. The maximum absolute atomic E-state index is 15.3. The van der Waals surface area contributed by atoms with Crippen molar-refractivity contribution in [3.05, 3.63) is 88.5 Å². The molecule has 0 radical (unpaired) electrons. The third-order valence-electron chi connectivity index (χ3n) is 13.0. The summed E-state index contributed by atoms with van der Waals surface area (Å²) in [5, 5.41) is 35.0. The van der Waals surface area contributed by atoms with Crippen LogP contribution >= 0.6 is 0 Å². The molecular formula is C44H52F2N10O4. The number of allylic oxidation sites excluding steroid dienone is 1. The van der Waals surface area contributed by atoms with Crippen LogP contribution in [0.2, 0.25) is 0 Å². The molecule has 1 saturated carbocycles. The maximum atomic E-state index is 15.3. The van der Waals surface area contributed by atoms with Crippen LogP contribution in [0.1, 0.15) is 92.0 Å². The molecule has 0 spiro atoms. The summed E-state index contributed by atoms with van der Waals surface area (Å²) in [5.41, 5.74) is 2.66. The number of carbonyl (C=O) groups excluding carboxylic acids is 3. The second-order valence-corrected chi connectivity index (χ2v) is 17.2. The number of hydrogen-bond acceptors (Lipinski definition) is 10. The minimum Gasteiger partial charge on any atom is -0.386 e. The first-order chi connectivity index (χ1) is 28.8. The van der Waals surface area contributed by atoms with Gasteiger partial charge >= 0.3 is 0 Å². The number of nitriles is 1. The summed E-state index contributed by atoms with van der Waals surface area (Å²) in [5.74, 6) is -2.93. The number of nitrogens with one attached hydrogen (secondary N) is 2. The molecule has 0 aromatic carbocycles. The van der Waals surface area contributed by atoms with Gasteiger partial charge in [-0.25, -0.2) is 17.8 Å². The van der Waals surface area contributed by atoms with E-state index < -0.39 is 41.0 Å². The average molecular weight is 823 g/mol. The Bertz CT molecular complexity index is 2390. The SMILES string of the molecule is CNC(=O)[C@H](CCC=O)C1=C(F)CC(N2CC(N3CCN(C4CCC(c5cc6cc(NC(=O)c7ccc8cc(C#N)cnn78)c(C(C)(C)O)cn6n5)CC4)CC3)C2)C=C1F. The molecule has 2 aliphatic heterocycles. The number of piperazine rings is 1. The highest BCUT2D eigenvalue weighted by atomic mass is 19.1. The number of aldehydes is 1. The van der Waals surface area contributed by atoms with E-state index in [0.717, 1.165) is 76.2 Å². The zero-order valence-electron chi connectivity index (χ0n) is 34.3. The van der Waals surface area contributed by atoms with Crippen molar-refractivity contribution in [3.8, 4) is 6.07 Å². The standard InChI is InChI=1S/C44H52F2N10O4/c1-44(2,60)35-26-55-32(21-39(35)50-43(59)40-11-10-30-17-27(22-47)23-49-56(30)40)20-38(51-55)28-6-8-29(9-7-28)52-12-14-53(15-13-52)33-24-54(25-33)31-18-36(45)41(37(46)19-31)34(5-4-16-57)42(58)48-3/h10-11,16-18,20-21,23,26,28-29,31,33-34,60H,4-9,12-15,19,24-25H2,1-3H3,(H,48,58)(H,50,59)/t28?,29?,31?,34-/m1/s1. The molecule has 2 atom stereocenters. The van der Waals surface area contributed by atoms with Gasteiger partial charge in [-0.1, -0.05) is 0 Å². The molecule has 3 N–H and O–H groups in total. The number of aromatic nitrogens is 4. The predicted octanol–water partition coefficient (Wildman–Crippen LogP) is 4.85. The monoisotopic (exact) mass is 822 g/mol. The highest BCUT2D eigenvalue weighted by Crippen LogP contribution is 2.39. The average Bonchev–Trinajstić information content (AvgIpc) is 3.84. The third kappa shape index (κ3) is 8.23. The largest absolute Gasteiger partial charge is 0.386 e. The van der Waals surface area contributed by atoms with Crippen molar-refractivity contribution in [3.63, 3.8) is 0 Å². The van der Waals surface area contributed by atoms with Gasteiger partial charge in [-0.3, -0.25) is 24.3 Å². The maximum Gasteiger partial charge on any atom is 0.274 e. The molecule has 16 heteroatoms. The molecule has 4 aromatic heterocycles. The number of pyridine rings is 1. The Morgan fingerprint density at radius 3 is 2.38 bits per heavy atom. The van der Waals surface area contributed by atoms with Crippen molar-refractivity contribution in [2.75, 3.05) is 51.6 Å². The number of amides is 2. The molecule has 2 saturated heterocycles. The molecule has 3 fully saturated rings. The van der Waals surface area contributed by atoms with Crippen molar-refractivity contribution >= 4 is 34.8 Å². The minimum absolute atomic E-state index is 0.0221. The van der Waals surface area contributed by atoms with Crippen LogP contribution in [0.5, 0.6) is 0 Å². The van der Waals surface area contributed by atoms with Gasteiger partial charge in [0.15, 0.2) is 0 Å². The molecular weight excluding hydrogens is 771 g/mol. The van der Waals surface area contributed by atoms with E-state index in [2.05, 4.69) is 42.6 Å². The number of likely N-dealkylation sites (tertiary alicyclic amines) is 1. The quantitative estimate of drug-likeness (QED) is 0.169. The molecule has 0 bridgehead atoms. The van der Waals surface area contributed by atoms with E-state index in [1.165, 1.54) is 23.8 Å². The van der Waals surface area contributed by atoms with E-state index in [1.54, 1.807) is 42.8 Å². The molecule has 1 unspecified atom stereocenters. The summed E-state index contributed by atoms with van der Waals surface area (Å²) >= 11 is 0. The van der Waals surface area contributed by atoms with Crippen molar-refractivity contribution in [2.24, 2.45) is 5.92 Å². The fraction of sp³-hybridized carbons (Fsp3) is 0.500. The normalized spacial score (nSPS) is 22.9. The molecule has 4 aliphatic rings. The molecule has 60 heavy (non-hydrogen) atoms. The second-order valence-electron chi connectivity index (χ2n) is 17.2. The van der Waals surface area contributed by atoms with Crippen molar-refractivity contribution in [2.45, 2.75) is 88.4 Å². The Labute approximate surface area is 347 Å². The van der Waals surface area contributed by atoms with Gasteiger partial charge in [0.25, 0.3) is 5.91 Å². The van der Waals surface area contributed by atoms with Gasteiger partial charge in [0.05, 0.1) is 45.7 Å². The number of carbonyl (C=O) groups is 3. The summed E-state index contributed by atoms with van der Waals surface area (Å²) < 4.78 is 33.9. The minimum atomic E-state index is -1.27. The second kappa shape index (κ2) is 17.0. The third-order valence-corrected chi connectivity index (χ3v) is 13.0. The van der Waals surface area contributed by atoms with E-state index in [4.69, 9.17) is 5.10 Å². The first-order valence-electron chi connectivity index (χ1n) is 20.9. The van der Waals surface area contributed by atoms with Crippen molar-refractivity contribution in [1.29, 1.82) is 5.26 Å². The first kappa shape index (κ1) is 41.4. The smallest absolute Gasteiger partial charge is 0.274 e. The van der Waals surface area contributed by atoms with Gasteiger partial charge in [-0.2, -0.15) is 15.5 Å². The number of anilines is 1. The number of halogens is 2. The van der Waals surface area contributed by atoms with Crippen LogP contribution in [0.4, 0.5) is 14.5 Å². The Balaban J connectivity index is 0.836. The highest BCUT2D eigenvalue weighted by molar-refractivity contribution is 6.04. The lowest BCUT2D eigenvalue weighted by molar-refractivity contribution is -0.123.